The Morgan fingerprint density at radius 3 is 2.39 bits per heavy atom. The lowest BCUT2D eigenvalue weighted by atomic mass is 9.96. The number of aromatic nitrogens is 1. The van der Waals surface area contributed by atoms with E-state index >= 15 is 0 Å². The molecule has 1 aromatic heterocycles. The largest absolute Gasteiger partial charge is 0.248 e. The van der Waals surface area contributed by atoms with Gasteiger partial charge in [-0.05, 0) is 65.8 Å². The number of pyridine rings is 1. The maximum atomic E-state index is 4.79. The van der Waals surface area contributed by atoms with E-state index in [9.17, 15) is 0 Å². The number of aryl methyl sites for hydroxylation is 2. The molecule has 0 aliphatic heterocycles. The molecule has 2 heteroatoms. The van der Waals surface area contributed by atoms with E-state index in [0.29, 0.717) is 0 Å². The van der Waals surface area contributed by atoms with Crippen LogP contribution >= 0.6 is 9.24 Å². The summed E-state index contributed by atoms with van der Waals surface area (Å²) < 4.78 is 0. The molecular weight excluding hydrogens is 393 g/mol. The summed E-state index contributed by atoms with van der Waals surface area (Å²) >= 11 is 0. The van der Waals surface area contributed by atoms with Crippen LogP contribution in [0.2, 0.25) is 0 Å². The molecule has 0 bridgehead atoms. The molecule has 3 aromatic carbocycles. The molecule has 1 atom stereocenters. The summed E-state index contributed by atoms with van der Waals surface area (Å²) in [5.41, 5.74) is 8.73. The molecule has 0 saturated carbocycles. The van der Waals surface area contributed by atoms with Gasteiger partial charge in [-0.25, -0.2) is 4.98 Å². The maximum absolute atomic E-state index is 4.79. The van der Waals surface area contributed by atoms with Crippen LogP contribution in [-0.2, 0) is 12.8 Å². The van der Waals surface area contributed by atoms with Crippen LogP contribution in [-0.4, -0.2) is 11.6 Å². The van der Waals surface area contributed by atoms with E-state index < -0.39 is 0 Å². The van der Waals surface area contributed by atoms with E-state index in [4.69, 9.17) is 4.98 Å². The van der Waals surface area contributed by atoms with Crippen LogP contribution in [0.15, 0.2) is 78.9 Å². The molecule has 4 aromatic rings. The number of hydrogen-bond acceptors (Lipinski definition) is 1. The average Bonchev–Trinajstić information content (AvgIpc) is 2.80. The maximum Gasteiger partial charge on any atom is 0.0711 e. The van der Waals surface area contributed by atoms with Crippen LogP contribution < -0.4 is 0 Å². The van der Waals surface area contributed by atoms with Crippen molar-refractivity contribution in [1.29, 1.82) is 0 Å². The van der Waals surface area contributed by atoms with Crippen LogP contribution in [0.25, 0.3) is 23.1 Å². The molecule has 1 nitrogen and oxygen atoms in total. The van der Waals surface area contributed by atoms with Gasteiger partial charge >= 0.3 is 0 Å². The summed E-state index contributed by atoms with van der Waals surface area (Å²) in [4.78, 5) is 4.79. The highest BCUT2D eigenvalue weighted by Gasteiger charge is 2.03. The molecule has 0 N–H and O–H groups in total. The van der Waals surface area contributed by atoms with Crippen molar-refractivity contribution in [3.63, 3.8) is 0 Å². The van der Waals surface area contributed by atoms with Crippen molar-refractivity contribution in [1.82, 2.24) is 4.98 Å². The van der Waals surface area contributed by atoms with Crippen molar-refractivity contribution in [2.45, 2.75) is 33.1 Å². The predicted molar refractivity (Wildman–Crippen MR) is 141 cm³/mol. The first-order chi connectivity index (χ1) is 15.2. The number of fused-ring (bicyclic) bond motifs is 1. The summed E-state index contributed by atoms with van der Waals surface area (Å²) in [7, 11) is 2.42. The predicted octanol–water partition coefficient (Wildman–Crippen LogP) is 7.75. The van der Waals surface area contributed by atoms with Crippen LogP contribution in [0.4, 0.5) is 0 Å². The second kappa shape index (κ2) is 11.6. The van der Waals surface area contributed by atoms with Crippen molar-refractivity contribution < 1.29 is 0 Å². The Labute approximate surface area is 189 Å². The van der Waals surface area contributed by atoms with E-state index in [1.54, 1.807) is 0 Å². The summed E-state index contributed by atoms with van der Waals surface area (Å²) in [6.07, 6.45) is 7.56. The number of hydrogen-bond donors (Lipinski definition) is 0. The van der Waals surface area contributed by atoms with Crippen LogP contribution in [0, 0.1) is 6.92 Å². The molecule has 0 radical (unpaired) electrons. The van der Waals surface area contributed by atoms with E-state index in [2.05, 4.69) is 114 Å². The fourth-order valence-corrected chi connectivity index (χ4v) is 3.79. The van der Waals surface area contributed by atoms with Crippen molar-refractivity contribution in [3.8, 4) is 0 Å². The molecule has 0 spiro atoms. The van der Waals surface area contributed by atoms with Gasteiger partial charge in [0.15, 0.2) is 0 Å². The van der Waals surface area contributed by atoms with E-state index in [-0.39, 0.29) is 0 Å². The molecular formula is C29H32NP. The highest BCUT2D eigenvalue weighted by atomic mass is 31.0. The molecule has 0 aliphatic carbocycles. The molecule has 0 saturated heterocycles. The van der Waals surface area contributed by atoms with E-state index in [1.165, 1.54) is 39.6 Å². The van der Waals surface area contributed by atoms with Gasteiger partial charge in [0, 0.05) is 5.39 Å². The Hall–Kier alpha value is -2.76. The number of nitrogens with zero attached hydrogens (tertiary/aromatic N) is 1. The molecule has 0 fully saturated rings. The Morgan fingerprint density at radius 2 is 1.58 bits per heavy atom. The Kier molecular flexibility index (Phi) is 8.56. The SMILES string of the molecule is CCCc1ccccc1Cc1cccc(/C=C/c2ccc3ccc(C)cc3n2)c1.CP. The average molecular weight is 426 g/mol. The minimum atomic E-state index is 0.978. The van der Waals surface area contributed by atoms with Gasteiger partial charge in [0.2, 0.25) is 0 Å². The van der Waals surface area contributed by atoms with Gasteiger partial charge < -0.3 is 0 Å². The van der Waals surface area contributed by atoms with Gasteiger partial charge in [-0.3, -0.25) is 0 Å². The minimum Gasteiger partial charge on any atom is -0.248 e. The van der Waals surface area contributed by atoms with Crippen molar-refractivity contribution in [3.05, 3.63) is 112 Å². The van der Waals surface area contributed by atoms with E-state index in [1.807, 2.05) is 6.66 Å². The van der Waals surface area contributed by atoms with Crippen molar-refractivity contribution >= 4 is 32.3 Å². The van der Waals surface area contributed by atoms with Gasteiger partial charge in [-0.2, -0.15) is 0 Å². The lowest BCUT2D eigenvalue weighted by molar-refractivity contribution is 0.904. The second-order valence-electron chi connectivity index (χ2n) is 7.71. The number of rotatable bonds is 6. The third-order valence-corrected chi connectivity index (χ3v) is 5.30. The quantitative estimate of drug-likeness (QED) is 0.288. The van der Waals surface area contributed by atoms with Crippen LogP contribution in [0.5, 0.6) is 0 Å². The molecule has 0 aliphatic rings. The third kappa shape index (κ3) is 6.36. The smallest absolute Gasteiger partial charge is 0.0711 e. The van der Waals surface area contributed by atoms with Crippen molar-refractivity contribution in [2.24, 2.45) is 0 Å². The zero-order valence-corrected chi connectivity index (χ0v) is 20.0. The second-order valence-corrected chi connectivity index (χ2v) is 7.71. The monoisotopic (exact) mass is 425 g/mol. The zero-order chi connectivity index (χ0) is 22.1. The Morgan fingerprint density at radius 1 is 0.806 bits per heavy atom. The van der Waals surface area contributed by atoms with Gasteiger partial charge in [-0.1, -0.05) is 92.8 Å². The van der Waals surface area contributed by atoms with Crippen LogP contribution in [0.1, 0.15) is 46.9 Å². The molecule has 31 heavy (non-hydrogen) atoms. The summed E-state index contributed by atoms with van der Waals surface area (Å²) in [5, 5.41) is 1.18. The van der Waals surface area contributed by atoms with Gasteiger partial charge in [0.05, 0.1) is 11.2 Å². The lowest BCUT2D eigenvalue weighted by Crippen LogP contribution is -1.95. The standard InChI is InChI=1S/C28H27N.CH5P/c1-3-7-24-10-4-5-11-26(24)20-23-9-6-8-22(19-23)13-16-27-17-15-25-14-12-21(2)18-28(25)29-27;1-2/h4-6,8-19H,3,7,20H2,1-2H3;2H2,1H3/b16-13+;. The molecule has 4 rings (SSSR count). The highest BCUT2D eigenvalue weighted by molar-refractivity contribution is 7.15. The van der Waals surface area contributed by atoms with Gasteiger partial charge in [0.25, 0.3) is 0 Å². The third-order valence-electron chi connectivity index (χ3n) is 5.30. The van der Waals surface area contributed by atoms with Gasteiger partial charge in [0.1, 0.15) is 0 Å². The first-order valence-corrected chi connectivity index (χ1v) is 12.2. The van der Waals surface area contributed by atoms with Crippen LogP contribution in [0.3, 0.4) is 0 Å². The minimum absolute atomic E-state index is 0.978. The lowest BCUT2D eigenvalue weighted by Gasteiger charge is -2.09. The van der Waals surface area contributed by atoms with Crippen molar-refractivity contribution in [2.75, 3.05) is 6.66 Å². The molecule has 1 heterocycles. The zero-order valence-electron chi connectivity index (χ0n) is 18.8. The molecule has 1 unspecified atom stereocenters. The number of benzene rings is 3. The summed E-state index contributed by atoms with van der Waals surface area (Å²) in [5.74, 6) is 0. The van der Waals surface area contributed by atoms with E-state index in [0.717, 1.165) is 24.1 Å². The first kappa shape index (κ1) is 22.9. The normalized spacial score (nSPS) is 10.8. The Balaban J connectivity index is 0.00000132. The summed E-state index contributed by atoms with van der Waals surface area (Å²) in [6, 6.07) is 28.2. The first-order valence-electron chi connectivity index (χ1n) is 11.0. The topological polar surface area (TPSA) is 12.9 Å². The fraction of sp³-hybridized carbons (Fsp3) is 0.207. The Bertz CT molecular complexity index is 1160. The highest BCUT2D eigenvalue weighted by Crippen LogP contribution is 2.19. The fourth-order valence-electron chi connectivity index (χ4n) is 3.79. The molecule has 158 valence electrons. The summed E-state index contributed by atoms with van der Waals surface area (Å²) in [6.45, 7) is 6.26. The van der Waals surface area contributed by atoms with Gasteiger partial charge in [-0.15, -0.1) is 9.24 Å². The molecule has 0 amide bonds.